The van der Waals surface area contributed by atoms with E-state index in [9.17, 15) is 9.59 Å². The monoisotopic (exact) mass is 296 g/mol. The van der Waals surface area contributed by atoms with Gasteiger partial charge in [0.25, 0.3) is 5.91 Å². The third-order valence-corrected chi connectivity index (χ3v) is 4.67. The van der Waals surface area contributed by atoms with Crippen LogP contribution < -0.4 is 15.5 Å². The predicted molar refractivity (Wildman–Crippen MR) is 78.8 cm³/mol. The number of thiazole rings is 1. The summed E-state index contributed by atoms with van der Waals surface area (Å²) in [5.41, 5.74) is -0.773. The largest absolute Gasteiger partial charge is 0.325 e. The first-order chi connectivity index (χ1) is 9.36. The minimum atomic E-state index is -0.773. The maximum atomic E-state index is 11.9. The van der Waals surface area contributed by atoms with Crippen LogP contribution in [0.3, 0.4) is 0 Å². The van der Waals surface area contributed by atoms with Gasteiger partial charge in [-0.25, -0.2) is 4.98 Å². The number of rotatable bonds is 4. The van der Waals surface area contributed by atoms with Gasteiger partial charge in [-0.2, -0.15) is 0 Å². The maximum absolute atomic E-state index is 11.9. The van der Waals surface area contributed by atoms with Crippen LogP contribution in [-0.4, -0.2) is 35.4 Å². The zero-order chi connectivity index (χ0) is 14.9. The van der Waals surface area contributed by atoms with Gasteiger partial charge in [-0.05, 0) is 27.3 Å². The highest BCUT2D eigenvalue weighted by molar-refractivity contribution is 7.15. The van der Waals surface area contributed by atoms with Crippen LogP contribution in [0.2, 0.25) is 0 Å². The lowest BCUT2D eigenvalue weighted by Crippen LogP contribution is -2.64. The van der Waals surface area contributed by atoms with Crippen molar-refractivity contribution in [1.29, 1.82) is 0 Å². The number of carbonyl (C=O) groups excluding carboxylic acids is 2. The van der Waals surface area contributed by atoms with Gasteiger partial charge in [0, 0.05) is 17.1 Å². The second-order valence-electron chi connectivity index (χ2n) is 5.35. The van der Waals surface area contributed by atoms with E-state index < -0.39 is 5.54 Å². The number of nitrogens with one attached hydrogen (secondary N) is 2. The van der Waals surface area contributed by atoms with E-state index in [2.05, 4.69) is 29.5 Å². The average Bonchev–Trinajstić information content (AvgIpc) is 2.83. The van der Waals surface area contributed by atoms with Gasteiger partial charge in [0.2, 0.25) is 5.91 Å². The van der Waals surface area contributed by atoms with Crippen molar-refractivity contribution in [3.63, 3.8) is 0 Å². The third kappa shape index (κ3) is 2.69. The first-order valence-electron chi connectivity index (χ1n) is 6.67. The smallest absolute Gasteiger partial charge is 0.251 e. The second kappa shape index (κ2) is 5.49. The Bertz CT molecular complexity index is 526. The molecule has 2 rings (SSSR count). The molecule has 7 heteroatoms. The van der Waals surface area contributed by atoms with Crippen molar-refractivity contribution in [3.05, 3.63) is 11.1 Å². The molecule has 1 atom stereocenters. The van der Waals surface area contributed by atoms with Crippen LogP contribution >= 0.6 is 11.3 Å². The van der Waals surface area contributed by atoms with Crippen LogP contribution in [0.1, 0.15) is 38.6 Å². The molecule has 6 nitrogen and oxygen atoms in total. The summed E-state index contributed by atoms with van der Waals surface area (Å²) < 4.78 is 0. The van der Waals surface area contributed by atoms with Gasteiger partial charge >= 0.3 is 0 Å². The molecule has 20 heavy (non-hydrogen) atoms. The summed E-state index contributed by atoms with van der Waals surface area (Å²) in [5, 5.41) is 6.39. The van der Waals surface area contributed by atoms with Crippen LogP contribution in [0.15, 0.2) is 6.20 Å². The fourth-order valence-electron chi connectivity index (χ4n) is 2.10. The molecule has 0 aliphatic carbocycles. The van der Waals surface area contributed by atoms with E-state index in [-0.39, 0.29) is 24.4 Å². The quantitative estimate of drug-likeness (QED) is 0.813. The molecule has 1 saturated heterocycles. The Labute approximate surface area is 122 Å². The third-order valence-electron chi connectivity index (χ3n) is 3.46. The molecular weight excluding hydrogens is 276 g/mol. The van der Waals surface area contributed by atoms with E-state index in [1.54, 1.807) is 24.9 Å². The minimum Gasteiger partial charge on any atom is -0.325 e. The summed E-state index contributed by atoms with van der Waals surface area (Å²) >= 11 is 1.51. The van der Waals surface area contributed by atoms with E-state index in [4.69, 9.17) is 0 Å². The van der Waals surface area contributed by atoms with Crippen molar-refractivity contribution in [2.24, 2.45) is 0 Å². The lowest BCUT2D eigenvalue weighted by Gasteiger charge is -2.39. The predicted octanol–water partition coefficient (Wildman–Crippen LogP) is 1.05. The summed E-state index contributed by atoms with van der Waals surface area (Å²) in [4.78, 5) is 30.8. The van der Waals surface area contributed by atoms with Crippen LogP contribution in [-0.2, 0) is 9.59 Å². The van der Waals surface area contributed by atoms with Gasteiger partial charge in [0.15, 0.2) is 5.13 Å². The lowest BCUT2D eigenvalue weighted by molar-refractivity contribution is -0.135. The molecule has 2 N–H and O–H groups in total. The zero-order valence-corrected chi connectivity index (χ0v) is 13.0. The molecule has 2 heterocycles. The SMILES string of the molecule is CCNC(C)c1cnc(N2CC(=O)NC(=O)C2(C)C)s1. The molecule has 1 aliphatic heterocycles. The Morgan fingerprint density at radius 3 is 2.90 bits per heavy atom. The first-order valence-corrected chi connectivity index (χ1v) is 7.49. The fourth-order valence-corrected chi connectivity index (χ4v) is 3.18. The van der Waals surface area contributed by atoms with Gasteiger partial charge in [-0.15, -0.1) is 11.3 Å². The fraction of sp³-hybridized carbons (Fsp3) is 0.615. The van der Waals surface area contributed by atoms with Crippen LogP contribution in [0, 0.1) is 0 Å². The minimum absolute atomic E-state index is 0.154. The van der Waals surface area contributed by atoms with Gasteiger partial charge in [0.05, 0.1) is 0 Å². The summed E-state index contributed by atoms with van der Waals surface area (Å²) in [7, 11) is 0. The molecule has 0 spiro atoms. The highest BCUT2D eigenvalue weighted by Crippen LogP contribution is 2.32. The van der Waals surface area contributed by atoms with Gasteiger partial charge in [0.1, 0.15) is 12.1 Å². The Morgan fingerprint density at radius 2 is 2.25 bits per heavy atom. The summed E-state index contributed by atoms with van der Waals surface area (Å²) in [5.74, 6) is -0.573. The van der Waals surface area contributed by atoms with Gasteiger partial charge in [-0.1, -0.05) is 6.92 Å². The average molecular weight is 296 g/mol. The highest BCUT2D eigenvalue weighted by atomic mass is 32.1. The number of hydrogen-bond donors (Lipinski definition) is 2. The molecule has 1 unspecified atom stereocenters. The Balaban J connectivity index is 2.26. The van der Waals surface area contributed by atoms with Crippen molar-refractivity contribution in [1.82, 2.24) is 15.6 Å². The molecule has 1 fully saturated rings. The van der Waals surface area contributed by atoms with Crippen molar-refractivity contribution in [2.75, 3.05) is 18.0 Å². The highest BCUT2D eigenvalue weighted by Gasteiger charge is 2.42. The Morgan fingerprint density at radius 1 is 1.55 bits per heavy atom. The van der Waals surface area contributed by atoms with E-state index in [1.807, 2.05) is 0 Å². The van der Waals surface area contributed by atoms with Crippen LogP contribution in [0.25, 0.3) is 0 Å². The zero-order valence-electron chi connectivity index (χ0n) is 12.2. The number of carbonyl (C=O) groups is 2. The molecule has 110 valence electrons. The van der Waals surface area contributed by atoms with Crippen LogP contribution in [0.4, 0.5) is 5.13 Å². The van der Waals surface area contributed by atoms with Crippen molar-refractivity contribution in [2.45, 2.75) is 39.3 Å². The van der Waals surface area contributed by atoms with E-state index >= 15 is 0 Å². The number of aromatic nitrogens is 1. The normalized spacial score (nSPS) is 19.9. The number of nitrogens with zero attached hydrogens (tertiary/aromatic N) is 2. The molecule has 1 aliphatic rings. The molecule has 0 saturated carbocycles. The summed E-state index contributed by atoms with van der Waals surface area (Å²) in [6.45, 7) is 8.74. The number of piperazine rings is 1. The molecule has 0 aromatic carbocycles. The lowest BCUT2D eigenvalue weighted by atomic mass is 10.00. The van der Waals surface area contributed by atoms with Crippen molar-refractivity contribution < 1.29 is 9.59 Å². The molecule has 2 amide bonds. The molecule has 1 aromatic heterocycles. The second-order valence-corrected chi connectivity index (χ2v) is 6.39. The Kier molecular flexibility index (Phi) is 4.10. The van der Waals surface area contributed by atoms with Crippen molar-refractivity contribution >= 4 is 28.3 Å². The summed E-state index contributed by atoms with van der Waals surface area (Å²) in [6.07, 6.45) is 1.81. The molecule has 0 bridgehead atoms. The van der Waals surface area contributed by atoms with E-state index in [0.29, 0.717) is 5.13 Å². The van der Waals surface area contributed by atoms with Gasteiger partial charge < -0.3 is 10.2 Å². The van der Waals surface area contributed by atoms with E-state index in [1.165, 1.54) is 11.3 Å². The number of anilines is 1. The number of amides is 2. The number of imide groups is 1. The standard InChI is InChI=1S/C13H20N4O2S/c1-5-14-8(2)9-6-15-12(20-9)17-7-10(18)16-11(19)13(17,3)4/h6,8,14H,5,7H2,1-4H3,(H,16,18,19). The number of hydrogen-bond acceptors (Lipinski definition) is 6. The molecule has 1 aromatic rings. The van der Waals surface area contributed by atoms with Crippen LogP contribution in [0.5, 0.6) is 0 Å². The Hall–Kier alpha value is -1.47. The van der Waals surface area contributed by atoms with E-state index in [0.717, 1.165) is 11.4 Å². The summed E-state index contributed by atoms with van der Waals surface area (Å²) in [6, 6.07) is 0.212. The first kappa shape index (κ1) is 14.9. The van der Waals surface area contributed by atoms with Crippen molar-refractivity contribution in [3.8, 4) is 0 Å². The van der Waals surface area contributed by atoms with Gasteiger partial charge in [-0.3, -0.25) is 14.9 Å². The maximum Gasteiger partial charge on any atom is 0.251 e. The molecule has 0 radical (unpaired) electrons. The topological polar surface area (TPSA) is 74.3 Å². The molecular formula is C13H20N4O2S.